The zero-order chi connectivity index (χ0) is 48.8. The lowest BCUT2D eigenvalue weighted by molar-refractivity contribution is 0.840. The minimum absolute atomic E-state index is 0.338. The number of rotatable bonds is 10. The first kappa shape index (κ1) is 44.1. The van der Waals surface area contributed by atoms with Gasteiger partial charge >= 0.3 is 0 Å². The van der Waals surface area contributed by atoms with Crippen LogP contribution in [0.3, 0.4) is 0 Å². The van der Waals surface area contributed by atoms with E-state index >= 15 is 0 Å². The number of allylic oxidation sites excluding steroid dienone is 3. The molecule has 73 heavy (non-hydrogen) atoms. The third kappa shape index (κ3) is 8.16. The van der Waals surface area contributed by atoms with Crippen LogP contribution in [0.4, 0.5) is 28.4 Å². The van der Waals surface area contributed by atoms with Crippen LogP contribution in [-0.2, 0) is 0 Å². The Morgan fingerprint density at radius 1 is 0.438 bits per heavy atom. The fourth-order valence-corrected chi connectivity index (χ4v) is 11.4. The van der Waals surface area contributed by atoms with E-state index in [0.717, 1.165) is 67.8 Å². The van der Waals surface area contributed by atoms with Crippen molar-refractivity contribution in [2.45, 2.75) is 24.2 Å². The summed E-state index contributed by atoms with van der Waals surface area (Å²) < 4.78 is 2.46. The Bertz CT molecular complexity index is 4080. The van der Waals surface area contributed by atoms with E-state index in [0.29, 0.717) is 5.92 Å². The minimum Gasteiger partial charge on any atom is -0.311 e. The number of hydrogen-bond acceptors (Lipinski definition) is 3. The predicted molar refractivity (Wildman–Crippen MR) is 313 cm³/mol. The molecule has 0 saturated carbocycles. The van der Waals surface area contributed by atoms with Crippen LogP contribution < -0.4 is 9.80 Å². The molecule has 1 atom stereocenters. The van der Waals surface area contributed by atoms with Crippen LogP contribution in [0.5, 0.6) is 0 Å². The molecule has 0 saturated heterocycles. The Labute approximate surface area is 432 Å². The van der Waals surface area contributed by atoms with E-state index in [1.165, 1.54) is 60.0 Å². The summed E-state index contributed by atoms with van der Waals surface area (Å²) in [6, 6.07) is 90.4. The molecule has 0 spiro atoms. The Morgan fingerprint density at radius 2 is 1.04 bits per heavy atom. The summed E-state index contributed by atoms with van der Waals surface area (Å²) in [5, 5.41) is 7.36. The lowest BCUT2D eigenvalue weighted by Gasteiger charge is -2.30. The maximum atomic E-state index is 5.09. The number of hydrogen-bond donors (Lipinski definition) is 1. The number of thiol groups is 1. The van der Waals surface area contributed by atoms with Crippen molar-refractivity contribution in [2.24, 2.45) is 0 Å². The highest BCUT2D eigenvalue weighted by Gasteiger charge is 2.22. The maximum Gasteiger partial charge on any atom is 0.0619 e. The van der Waals surface area contributed by atoms with Crippen LogP contribution >= 0.6 is 12.6 Å². The summed E-state index contributed by atoms with van der Waals surface area (Å²) in [6.45, 7) is 2.16. The predicted octanol–water partition coefficient (Wildman–Crippen LogP) is 19.3. The van der Waals surface area contributed by atoms with Crippen LogP contribution in [0.1, 0.15) is 23.5 Å². The first-order valence-corrected chi connectivity index (χ1v) is 25.6. The van der Waals surface area contributed by atoms with Crippen LogP contribution in [0.25, 0.3) is 71.3 Å². The molecule has 1 unspecified atom stereocenters. The van der Waals surface area contributed by atoms with Crippen molar-refractivity contribution in [3.05, 3.63) is 284 Å². The lowest BCUT2D eigenvalue weighted by Crippen LogP contribution is -2.17. The van der Waals surface area contributed by atoms with E-state index in [9.17, 15) is 0 Å². The molecule has 0 amide bonds. The SMILES string of the molecule is Cc1ccccc1-c1ccc(N(C2=CCC(c3ccccc3)C=C2)c2ccc(-c3ccc(N(c4ccccc4)c4ccc5c(c4)c4ccc6ccccc6c4n5-c4ccc5ccccc5c4)cc3)cc2)cc1S. The third-order valence-corrected chi connectivity index (χ3v) is 15.1. The van der Waals surface area contributed by atoms with Crippen LogP contribution in [-0.4, -0.2) is 4.57 Å². The van der Waals surface area contributed by atoms with Crippen molar-refractivity contribution in [1.29, 1.82) is 0 Å². The standard InChI is InChI=1S/C69H51N3S/c1-47-14-8-12-22-62(47)64-42-39-61(46-68(64)73)71(57-32-24-50(25-33-57)48-15-4-2-5-16-48)58-36-28-52(29-37-58)51-26-34-56(35-27-51)70(55-20-6-3-7-21-55)60-40-43-67-66(45-60)65-41-31-53-18-11-13-23-63(53)69(65)72(67)59-38-30-49-17-9-10-19-54(49)44-59/h2-24,26-46,50,73H,25H2,1H3. The van der Waals surface area contributed by atoms with Crippen molar-refractivity contribution in [3.63, 3.8) is 0 Å². The van der Waals surface area contributed by atoms with E-state index in [4.69, 9.17) is 12.6 Å². The number of fused-ring (bicyclic) bond motifs is 6. The zero-order valence-corrected chi connectivity index (χ0v) is 41.4. The van der Waals surface area contributed by atoms with Crippen molar-refractivity contribution in [2.75, 3.05) is 9.80 Å². The fourth-order valence-electron chi connectivity index (χ4n) is 11.1. The van der Waals surface area contributed by atoms with Gasteiger partial charge in [0.2, 0.25) is 0 Å². The average Bonchev–Trinajstić information content (AvgIpc) is 3.79. The number of nitrogens with zero attached hydrogens (tertiary/aromatic N) is 3. The topological polar surface area (TPSA) is 11.4 Å². The van der Waals surface area contributed by atoms with E-state index in [2.05, 4.69) is 288 Å². The van der Waals surface area contributed by atoms with E-state index in [-0.39, 0.29) is 0 Å². The molecule has 11 aromatic carbocycles. The number of anilines is 5. The van der Waals surface area contributed by atoms with Gasteiger partial charge in [0.05, 0.1) is 11.0 Å². The van der Waals surface area contributed by atoms with Crippen molar-refractivity contribution in [3.8, 4) is 27.9 Å². The third-order valence-electron chi connectivity index (χ3n) is 14.7. The van der Waals surface area contributed by atoms with Gasteiger partial charge in [0, 0.05) is 66.8 Å². The molecule has 13 rings (SSSR count). The molecule has 348 valence electrons. The van der Waals surface area contributed by atoms with Gasteiger partial charge < -0.3 is 14.4 Å². The molecule has 0 aliphatic heterocycles. The molecule has 3 nitrogen and oxygen atoms in total. The lowest BCUT2D eigenvalue weighted by atomic mass is 9.91. The van der Waals surface area contributed by atoms with Crippen LogP contribution in [0.2, 0.25) is 0 Å². The maximum absolute atomic E-state index is 5.09. The first-order chi connectivity index (χ1) is 36.0. The normalized spacial score (nSPS) is 13.5. The first-order valence-electron chi connectivity index (χ1n) is 25.2. The molecule has 0 bridgehead atoms. The largest absolute Gasteiger partial charge is 0.311 e. The number of benzene rings is 11. The van der Waals surface area contributed by atoms with Gasteiger partial charge in [-0.3, -0.25) is 0 Å². The number of aryl methyl sites for hydroxylation is 1. The molecule has 1 aromatic heterocycles. The smallest absolute Gasteiger partial charge is 0.0619 e. The van der Waals surface area contributed by atoms with Gasteiger partial charge in [-0.1, -0.05) is 182 Å². The van der Waals surface area contributed by atoms with Gasteiger partial charge in [0.1, 0.15) is 0 Å². The Morgan fingerprint density at radius 3 is 1.77 bits per heavy atom. The summed E-state index contributed by atoms with van der Waals surface area (Å²) in [4.78, 5) is 5.68. The van der Waals surface area contributed by atoms with Crippen molar-refractivity contribution < 1.29 is 0 Å². The molecule has 1 aliphatic rings. The van der Waals surface area contributed by atoms with Gasteiger partial charge in [-0.2, -0.15) is 0 Å². The van der Waals surface area contributed by atoms with Crippen molar-refractivity contribution in [1.82, 2.24) is 4.57 Å². The van der Waals surface area contributed by atoms with Gasteiger partial charge in [-0.25, -0.2) is 0 Å². The number of aromatic nitrogens is 1. The van der Waals surface area contributed by atoms with Crippen LogP contribution in [0, 0.1) is 6.92 Å². The Kier molecular flexibility index (Phi) is 11.3. The Hall–Kier alpha value is -8.83. The van der Waals surface area contributed by atoms with Crippen molar-refractivity contribution >= 4 is 84.4 Å². The van der Waals surface area contributed by atoms with E-state index < -0.39 is 0 Å². The molecular formula is C69H51N3S. The summed E-state index contributed by atoms with van der Waals surface area (Å²) in [5.41, 5.74) is 17.3. The van der Waals surface area contributed by atoms with Gasteiger partial charge in [-0.15, -0.1) is 12.6 Å². The monoisotopic (exact) mass is 953 g/mol. The summed E-state index contributed by atoms with van der Waals surface area (Å²) in [6.07, 6.45) is 7.92. The molecule has 1 aliphatic carbocycles. The quantitative estimate of drug-likeness (QED) is 0.137. The summed E-state index contributed by atoms with van der Waals surface area (Å²) in [5.74, 6) is 0.338. The molecule has 0 radical (unpaired) electrons. The Balaban J connectivity index is 0.857. The molecule has 4 heteroatoms. The highest BCUT2D eigenvalue weighted by atomic mass is 32.1. The van der Waals surface area contributed by atoms with E-state index in [1.807, 2.05) is 0 Å². The second-order valence-electron chi connectivity index (χ2n) is 19.1. The molecule has 0 fully saturated rings. The fraction of sp³-hybridized carbons (Fsp3) is 0.0435. The van der Waals surface area contributed by atoms with E-state index in [1.54, 1.807) is 0 Å². The molecule has 0 N–H and O–H groups in total. The average molecular weight is 954 g/mol. The van der Waals surface area contributed by atoms with Crippen LogP contribution in [0.15, 0.2) is 278 Å². The zero-order valence-electron chi connectivity index (χ0n) is 40.5. The van der Waals surface area contributed by atoms with Gasteiger partial charge in [0.25, 0.3) is 0 Å². The second-order valence-corrected chi connectivity index (χ2v) is 19.6. The molecule has 12 aromatic rings. The van der Waals surface area contributed by atoms with Gasteiger partial charge in [-0.05, 0) is 148 Å². The highest BCUT2D eigenvalue weighted by molar-refractivity contribution is 7.80. The summed E-state index contributed by atoms with van der Waals surface area (Å²) in [7, 11) is 0. The molecule has 1 heterocycles. The summed E-state index contributed by atoms with van der Waals surface area (Å²) >= 11 is 5.09. The number of para-hydroxylation sites is 1. The molecular weight excluding hydrogens is 903 g/mol. The second kappa shape index (κ2) is 18.7. The minimum atomic E-state index is 0.338. The van der Waals surface area contributed by atoms with Gasteiger partial charge in [0.15, 0.2) is 0 Å². The highest BCUT2D eigenvalue weighted by Crippen LogP contribution is 2.44.